The topological polar surface area (TPSA) is 77.4 Å². The summed E-state index contributed by atoms with van der Waals surface area (Å²) >= 11 is 3.44. The highest BCUT2D eigenvalue weighted by molar-refractivity contribution is 14.0. The summed E-state index contributed by atoms with van der Waals surface area (Å²) in [7, 11) is 0. The lowest BCUT2D eigenvalue weighted by atomic mass is 10.0. The third-order valence-corrected chi connectivity index (χ3v) is 5.41. The van der Waals surface area contributed by atoms with Gasteiger partial charge in [0.15, 0.2) is 12.6 Å². The Morgan fingerprint density at radius 3 is 2.32 bits per heavy atom. The first-order chi connectivity index (χ1) is 9.11. The molecule has 4 saturated heterocycles. The summed E-state index contributed by atoms with van der Waals surface area (Å²) in [4.78, 5) is 0. The average Bonchev–Trinajstić information content (AvgIpc) is 3.09. The van der Waals surface area contributed by atoms with Gasteiger partial charge in [-0.2, -0.15) is 0 Å². The summed E-state index contributed by atoms with van der Waals surface area (Å²) in [5, 5.41) is 18.6. The fourth-order valence-corrected chi connectivity index (χ4v) is 3.41. The van der Waals surface area contributed by atoms with Crippen molar-refractivity contribution in [3.05, 3.63) is 0 Å². The Morgan fingerprint density at radius 1 is 0.955 bits per heavy atom. The van der Waals surface area contributed by atoms with E-state index in [4.69, 9.17) is 18.9 Å². The van der Waals surface area contributed by atoms with Gasteiger partial charge in [-0.25, -0.2) is 0 Å². The highest BCUT2D eigenvalue weighted by Gasteiger charge is 2.53. The molecule has 8 heteroatoms. The van der Waals surface area contributed by atoms with E-state index in [0.717, 1.165) is 19.4 Å². The minimum absolute atomic E-state index is 0. The maximum atomic E-state index is 9.41. The maximum Gasteiger partial charge on any atom is 0.175 e. The number of hydrogen-bond acceptors (Lipinski definition) is 6. The first-order valence-electron chi connectivity index (χ1n) is 6.63. The molecule has 0 aromatic carbocycles. The van der Waals surface area contributed by atoms with Gasteiger partial charge in [0.1, 0.15) is 4.32 Å². The largest absolute Gasteiger partial charge is 0.390 e. The van der Waals surface area contributed by atoms with Gasteiger partial charge in [0, 0.05) is 5.92 Å². The lowest BCUT2D eigenvalue weighted by molar-refractivity contribution is -0.0907. The van der Waals surface area contributed by atoms with Crippen LogP contribution in [0.1, 0.15) is 27.7 Å². The number of fused-ring (bicyclic) bond motifs is 2. The zero-order chi connectivity index (χ0) is 13.5. The minimum Gasteiger partial charge on any atom is -0.390 e. The van der Waals surface area contributed by atoms with Crippen LogP contribution in [0.15, 0.2) is 0 Å². The van der Waals surface area contributed by atoms with Crippen LogP contribution < -0.4 is 0 Å². The number of aliphatic hydroxyl groups excluding tert-OH is 2. The van der Waals surface area contributed by atoms with Crippen LogP contribution in [0.25, 0.3) is 0 Å². The zero-order valence-corrected chi connectivity index (χ0v) is 14.9. The van der Waals surface area contributed by atoms with Crippen LogP contribution in [-0.4, -0.2) is 65.8 Å². The lowest BCUT2D eigenvalue weighted by Crippen LogP contribution is -2.36. The molecule has 4 aliphatic heterocycles. The Kier molecular flexibility index (Phi) is 9.87. The summed E-state index contributed by atoms with van der Waals surface area (Å²) < 4.78 is 20.4. The Bertz CT molecular complexity index is 336. The second-order valence-corrected chi connectivity index (χ2v) is 6.80. The van der Waals surface area contributed by atoms with E-state index >= 15 is 0 Å². The molecular weight excluding hydrogens is 471 g/mol. The molecule has 6 unspecified atom stereocenters. The van der Waals surface area contributed by atoms with E-state index in [-0.39, 0.29) is 67.8 Å². The standard InChI is InChI=1S/C6H9BrO3.C6H10O3.2CH4.HI/c7-6-1-2-9-5(6)10-3-4(6)8;7-5-3-9-6-4(5)1-2-8-6;;;/h4-5,8H,1-3H2;4-7H,1-3H2;2*1H4;1H. The molecule has 0 amide bonds. The van der Waals surface area contributed by atoms with Crippen molar-refractivity contribution in [3.8, 4) is 0 Å². The lowest BCUT2D eigenvalue weighted by Gasteiger charge is -2.20. The van der Waals surface area contributed by atoms with E-state index in [2.05, 4.69) is 15.9 Å². The number of ether oxygens (including phenoxy) is 4. The van der Waals surface area contributed by atoms with E-state index in [1.54, 1.807) is 0 Å². The number of halogens is 2. The summed E-state index contributed by atoms with van der Waals surface area (Å²) in [6.45, 7) is 2.25. The average molecular weight is 499 g/mol. The highest BCUT2D eigenvalue weighted by Crippen LogP contribution is 2.42. The van der Waals surface area contributed by atoms with Crippen molar-refractivity contribution in [2.24, 2.45) is 5.92 Å². The van der Waals surface area contributed by atoms with E-state index in [9.17, 15) is 10.2 Å². The summed E-state index contributed by atoms with van der Waals surface area (Å²) in [5.74, 6) is 0.255. The number of aliphatic hydroxyl groups is 2. The van der Waals surface area contributed by atoms with Gasteiger partial charge in [-0.05, 0) is 12.8 Å². The predicted molar refractivity (Wildman–Crippen MR) is 96.7 cm³/mol. The zero-order valence-electron chi connectivity index (χ0n) is 10.9. The maximum absolute atomic E-state index is 9.41. The number of hydrogen-bond donors (Lipinski definition) is 2. The van der Waals surface area contributed by atoms with Gasteiger partial charge in [0.25, 0.3) is 0 Å². The molecule has 0 aromatic rings. The van der Waals surface area contributed by atoms with Gasteiger partial charge >= 0.3 is 0 Å². The highest BCUT2D eigenvalue weighted by atomic mass is 127. The molecule has 0 aromatic heterocycles. The van der Waals surface area contributed by atoms with Crippen molar-refractivity contribution in [2.75, 3.05) is 26.4 Å². The van der Waals surface area contributed by atoms with Crippen LogP contribution in [0.4, 0.5) is 0 Å². The Hall–Kier alpha value is 0.970. The third kappa shape index (κ3) is 4.33. The second kappa shape index (κ2) is 9.45. The van der Waals surface area contributed by atoms with Crippen molar-refractivity contribution in [1.29, 1.82) is 0 Å². The van der Waals surface area contributed by atoms with Crippen molar-refractivity contribution in [1.82, 2.24) is 0 Å². The van der Waals surface area contributed by atoms with Gasteiger partial charge in [-0.3, -0.25) is 0 Å². The van der Waals surface area contributed by atoms with Gasteiger partial charge in [-0.1, -0.05) is 30.8 Å². The van der Waals surface area contributed by atoms with Crippen molar-refractivity contribution >= 4 is 39.9 Å². The smallest absolute Gasteiger partial charge is 0.175 e. The fourth-order valence-electron chi connectivity index (χ4n) is 2.85. The van der Waals surface area contributed by atoms with Gasteiger partial charge in [0.2, 0.25) is 0 Å². The summed E-state index contributed by atoms with van der Waals surface area (Å²) in [5.41, 5.74) is 0. The molecular formula is C14H28BrIO6. The SMILES string of the molecule is C.C.I.OC1COC2OCCC12.OC1COC2OCCC12Br. The van der Waals surface area contributed by atoms with Gasteiger partial charge < -0.3 is 29.2 Å². The molecule has 0 bridgehead atoms. The molecule has 6 atom stereocenters. The molecule has 0 spiro atoms. The summed E-state index contributed by atoms with van der Waals surface area (Å²) in [6, 6.07) is 0. The van der Waals surface area contributed by atoms with Gasteiger partial charge in [-0.15, -0.1) is 24.0 Å². The molecule has 2 N–H and O–H groups in total. The molecule has 0 radical (unpaired) electrons. The monoisotopic (exact) mass is 498 g/mol. The van der Waals surface area contributed by atoms with Crippen molar-refractivity contribution in [2.45, 2.75) is 56.8 Å². The van der Waals surface area contributed by atoms with Crippen LogP contribution in [0.3, 0.4) is 0 Å². The van der Waals surface area contributed by atoms with Crippen LogP contribution in [0, 0.1) is 5.92 Å². The fraction of sp³-hybridized carbons (Fsp3) is 1.00. The Balaban J connectivity index is 0.000000354. The molecule has 4 fully saturated rings. The molecule has 0 saturated carbocycles. The van der Waals surface area contributed by atoms with E-state index in [1.807, 2.05) is 0 Å². The molecule has 22 heavy (non-hydrogen) atoms. The van der Waals surface area contributed by atoms with Crippen LogP contribution in [-0.2, 0) is 18.9 Å². The number of alkyl halides is 1. The first kappa shape index (κ1) is 23.0. The van der Waals surface area contributed by atoms with Crippen LogP contribution >= 0.6 is 39.9 Å². The van der Waals surface area contributed by atoms with Crippen LogP contribution in [0.2, 0.25) is 0 Å². The summed E-state index contributed by atoms with van der Waals surface area (Å²) in [6.07, 6.45) is 0.755. The van der Waals surface area contributed by atoms with E-state index in [1.165, 1.54) is 0 Å². The molecule has 0 aliphatic carbocycles. The molecule has 4 rings (SSSR count). The predicted octanol–water partition coefficient (Wildman–Crippen LogP) is 1.89. The molecule has 6 nitrogen and oxygen atoms in total. The minimum atomic E-state index is -0.417. The first-order valence-corrected chi connectivity index (χ1v) is 7.42. The Labute approximate surface area is 158 Å². The number of rotatable bonds is 0. The van der Waals surface area contributed by atoms with Crippen LogP contribution in [0.5, 0.6) is 0 Å². The molecule has 134 valence electrons. The molecule has 4 heterocycles. The van der Waals surface area contributed by atoms with E-state index < -0.39 is 6.10 Å². The Morgan fingerprint density at radius 2 is 1.68 bits per heavy atom. The third-order valence-electron chi connectivity index (χ3n) is 4.11. The van der Waals surface area contributed by atoms with E-state index in [0.29, 0.717) is 19.8 Å². The second-order valence-electron chi connectivity index (χ2n) is 5.32. The van der Waals surface area contributed by atoms with Crippen molar-refractivity contribution in [3.63, 3.8) is 0 Å². The quantitative estimate of drug-likeness (QED) is 0.392. The van der Waals surface area contributed by atoms with Gasteiger partial charge in [0.05, 0.1) is 38.6 Å². The normalized spacial score (nSPS) is 44.6. The van der Waals surface area contributed by atoms with Crippen molar-refractivity contribution < 1.29 is 29.2 Å². The molecule has 4 aliphatic rings.